The summed E-state index contributed by atoms with van der Waals surface area (Å²) in [5, 5.41) is 2.79. The SMILES string of the molecule is Cc1ccc(NC(=O)N2CCC(CC(F)(F)F)C2)cc1B1OC(C)(C)C(C)(C)O1. The number of anilines is 1. The van der Waals surface area contributed by atoms with Gasteiger partial charge in [-0.05, 0) is 64.6 Å². The third kappa shape index (κ3) is 4.88. The molecule has 3 rings (SSSR count). The summed E-state index contributed by atoms with van der Waals surface area (Å²) in [7, 11) is -0.556. The van der Waals surface area contributed by atoms with Crippen molar-refractivity contribution in [2.75, 3.05) is 18.4 Å². The van der Waals surface area contributed by atoms with E-state index in [1.165, 1.54) is 4.90 Å². The maximum atomic E-state index is 12.6. The monoisotopic (exact) mass is 412 g/mol. The normalized spacial score (nSPS) is 23.5. The molecule has 2 amide bonds. The average molecular weight is 412 g/mol. The lowest BCUT2D eigenvalue weighted by Crippen LogP contribution is -2.41. The fraction of sp³-hybridized carbons (Fsp3) is 0.650. The Balaban J connectivity index is 1.67. The molecule has 2 saturated heterocycles. The highest BCUT2D eigenvalue weighted by Crippen LogP contribution is 2.37. The molecule has 0 bridgehead atoms. The van der Waals surface area contributed by atoms with E-state index in [9.17, 15) is 18.0 Å². The molecular weight excluding hydrogens is 384 g/mol. The number of nitrogens with zero attached hydrogens (tertiary/aromatic N) is 1. The molecule has 2 aliphatic heterocycles. The van der Waals surface area contributed by atoms with Gasteiger partial charge in [0.25, 0.3) is 0 Å². The van der Waals surface area contributed by atoms with Crippen LogP contribution in [-0.4, -0.2) is 48.5 Å². The summed E-state index contributed by atoms with van der Waals surface area (Å²) in [6, 6.07) is 5.05. The van der Waals surface area contributed by atoms with Crippen LogP contribution in [0.5, 0.6) is 0 Å². The van der Waals surface area contributed by atoms with Gasteiger partial charge in [-0.2, -0.15) is 13.2 Å². The van der Waals surface area contributed by atoms with Crippen molar-refractivity contribution in [1.82, 2.24) is 4.90 Å². The lowest BCUT2D eigenvalue weighted by molar-refractivity contribution is -0.143. The van der Waals surface area contributed by atoms with Crippen molar-refractivity contribution in [1.29, 1.82) is 0 Å². The second-order valence-corrected chi connectivity index (χ2v) is 9.01. The Morgan fingerprint density at radius 1 is 1.24 bits per heavy atom. The summed E-state index contributed by atoms with van der Waals surface area (Å²) in [5.41, 5.74) is 1.38. The number of carbonyl (C=O) groups excluding carboxylic acids is 1. The number of likely N-dealkylation sites (tertiary alicyclic amines) is 1. The quantitative estimate of drug-likeness (QED) is 0.761. The van der Waals surface area contributed by atoms with Gasteiger partial charge in [-0.3, -0.25) is 0 Å². The summed E-state index contributed by atoms with van der Waals surface area (Å²) in [6.45, 7) is 10.3. The molecule has 2 heterocycles. The van der Waals surface area contributed by atoms with Crippen molar-refractivity contribution >= 4 is 24.3 Å². The van der Waals surface area contributed by atoms with Gasteiger partial charge in [0, 0.05) is 25.2 Å². The molecule has 0 saturated carbocycles. The molecule has 1 N–H and O–H groups in total. The van der Waals surface area contributed by atoms with E-state index in [0.717, 1.165) is 11.0 Å². The Kier molecular flexibility index (Phi) is 5.68. The van der Waals surface area contributed by atoms with Crippen LogP contribution in [-0.2, 0) is 9.31 Å². The molecule has 1 aromatic carbocycles. The third-order valence-electron chi connectivity index (χ3n) is 6.13. The second kappa shape index (κ2) is 7.50. The summed E-state index contributed by atoms with van der Waals surface area (Å²) >= 11 is 0. The van der Waals surface area contributed by atoms with Gasteiger partial charge in [0.05, 0.1) is 11.2 Å². The van der Waals surface area contributed by atoms with Crippen LogP contribution in [0.2, 0.25) is 0 Å². The number of hydrogen-bond donors (Lipinski definition) is 1. The van der Waals surface area contributed by atoms with Crippen LogP contribution in [0.3, 0.4) is 0 Å². The van der Waals surface area contributed by atoms with Gasteiger partial charge in [-0.15, -0.1) is 0 Å². The molecule has 5 nitrogen and oxygen atoms in total. The van der Waals surface area contributed by atoms with Crippen molar-refractivity contribution in [3.8, 4) is 0 Å². The molecule has 9 heteroatoms. The highest BCUT2D eigenvalue weighted by molar-refractivity contribution is 6.62. The summed E-state index contributed by atoms with van der Waals surface area (Å²) in [6.07, 6.45) is -4.70. The Labute approximate surface area is 170 Å². The third-order valence-corrected chi connectivity index (χ3v) is 6.13. The van der Waals surface area contributed by atoms with Gasteiger partial charge in [-0.25, -0.2) is 4.79 Å². The number of urea groups is 1. The molecule has 0 aliphatic carbocycles. The van der Waals surface area contributed by atoms with Crippen molar-refractivity contribution in [2.24, 2.45) is 5.92 Å². The van der Waals surface area contributed by atoms with Crippen LogP contribution in [0.1, 0.15) is 46.1 Å². The first-order chi connectivity index (χ1) is 13.3. The van der Waals surface area contributed by atoms with Crippen molar-refractivity contribution < 1.29 is 27.3 Å². The molecule has 1 unspecified atom stereocenters. The Morgan fingerprint density at radius 3 is 2.45 bits per heavy atom. The minimum absolute atomic E-state index is 0.112. The zero-order valence-electron chi connectivity index (χ0n) is 17.5. The number of carbonyl (C=O) groups is 1. The minimum atomic E-state index is -4.20. The van der Waals surface area contributed by atoms with E-state index in [4.69, 9.17) is 9.31 Å². The van der Waals surface area contributed by atoms with Crippen LogP contribution in [0.15, 0.2) is 18.2 Å². The molecule has 0 spiro atoms. The van der Waals surface area contributed by atoms with E-state index in [1.54, 1.807) is 12.1 Å². The van der Waals surface area contributed by atoms with Gasteiger partial charge >= 0.3 is 19.3 Å². The summed E-state index contributed by atoms with van der Waals surface area (Å²) < 4.78 is 49.9. The van der Waals surface area contributed by atoms with E-state index >= 15 is 0 Å². The van der Waals surface area contributed by atoms with Crippen LogP contribution in [0.25, 0.3) is 0 Å². The van der Waals surface area contributed by atoms with E-state index in [2.05, 4.69) is 5.32 Å². The molecule has 2 fully saturated rings. The van der Waals surface area contributed by atoms with Gasteiger partial charge in [0.15, 0.2) is 0 Å². The summed E-state index contributed by atoms with van der Waals surface area (Å²) in [5.74, 6) is -0.543. The summed E-state index contributed by atoms with van der Waals surface area (Å²) in [4.78, 5) is 14.0. The van der Waals surface area contributed by atoms with Gasteiger partial charge in [0.1, 0.15) is 0 Å². The first-order valence-electron chi connectivity index (χ1n) is 9.86. The van der Waals surface area contributed by atoms with Crippen LogP contribution in [0.4, 0.5) is 23.7 Å². The smallest absolute Gasteiger partial charge is 0.399 e. The zero-order chi connectivity index (χ0) is 21.6. The number of rotatable bonds is 3. The number of benzene rings is 1. The lowest BCUT2D eigenvalue weighted by Gasteiger charge is -2.32. The van der Waals surface area contributed by atoms with E-state index in [-0.39, 0.29) is 6.54 Å². The fourth-order valence-corrected chi connectivity index (χ4v) is 3.66. The number of nitrogens with one attached hydrogen (secondary N) is 1. The maximum absolute atomic E-state index is 12.6. The first-order valence-corrected chi connectivity index (χ1v) is 9.86. The van der Waals surface area contributed by atoms with Gasteiger partial charge in [0.2, 0.25) is 0 Å². The molecule has 160 valence electrons. The molecular formula is C20H28BF3N2O3. The zero-order valence-corrected chi connectivity index (χ0v) is 17.5. The number of aryl methyl sites for hydroxylation is 1. The average Bonchev–Trinajstić information content (AvgIpc) is 3.09. The van der Waals surface area contributed by atoms with Crippen LogP contribution in [0, 0.1) is 12.8 Å². The molecule has 1 aromatic rings. The highest BCUT2D eigenvalue weighted by atomic mass is 19.4. The van der Waals surface area contributed by atoms with Gasteiger partial charge < -0.3 is 19.5 Å². The Morgan fingerprint density at radius 2 is 1.86 bits per heavy atom. The van der Waals surface area contributed by atoms with Crippen LogP contribution >= 0.6 is 0 Å². The topological polar surface area (TPSA) is 50.8 Å². The van der Waals surface area contributed by atoms with E-state index < -0.39 is 42.9 Å². The standard InChI is InChI=1S/C20H28BF3N2O3/c1-13-6-7-15(10-16(13)21-28-18(2,3)19(4,5)29-21)25-17(27)26-9-8-14(12-26)11-20(22,23)24/h6-7,10,14H,8-9,11-12H2,1-5H3,(H,25,27). The predicted molar refractivity (Wildman–Crippen MR) is 106 cm³/mol. The first kappa shape index (κ1) is 22.0. The van der Waals surface area contributed by atoms with Crippen molar-refractivity contribution in [2.45, 2.75) is 64.8 Å². The minimum Gasteiger partial charge on any atom is -0.399 e. The predicted octanol–water partition coefficient (Wildman–Crippen LogP) is 4.10. The number of halogens is 3. The van der Waals surface area contributed by atoms with E-state index in [1.807, 2.05) is 40.7 Å². The Hall–Kier alpha value is -1.74. The lowest BCUT2D eigenvalue weighted by atomic mass is 9.76. The molecule has 2 aliphatic rings. The number of alkyl halides is 3. The molecule has 0 radical (unpaired) electrons. The Bertz CT molecular complexity index is 767. The molecule has 29 heavy (non-hydrogen) atoms. The fourth-order valence-electron chi connectivity index (χ4n) is 3.66. The van der Waals surface area contributed by atoms with Crippen molar-refractivity contribution in [3.63, 3.8) is 0 Å². The number of amides is 2. The molecule has 1 atom stereocenters. The van der Waals surface area contributed by atoms with Crippen LogP contribution < -0.4 is 10.8 Å². The second-order valence-electron chi connectivity index (χ2n) is 9.01. The van der Waals surface area contributed by atoms with Gasteiger partial charge in [-0.1, -0.05) is 11.6 Å². The number of hydrogen-bond acceptors (Lipinski definition) is 3. The largest absolute Gasteiger partial charge is 0.495 e. The molecule has 0 aromatic heterocycles. The van der Waals surface area contributed by atoms with Crippen molar-refractivity contribution in [3.05, 3.63) is 23.8 Å². The highest BCUT2D eigenvalue weighted by Gasteiger charge is 2.52. The van der Waals surface area contributed by atoms with E-state index in [0.29, 0.717) is 18.7 Å². The maximum Gasteiger partial charge on any atom is 0.495 e.